The van der Waals surface area contributed by atoms with Crippen LogP contribution in [0.2, 0.25) is 0 Å². The Kier molecular flexibility index (Phi) is 3.21. The number of hydrogen-bond donors (Lipinski definition) is 0. The smallest absolute Gasteiger partial charge is 0.128 e. The Bertz CT molecular complexity index is 470. The number of rotatable bonds is 3. The molecular weight excluding hydrogens is 254 g/mol. The first-order valence-electron chi connectivity index (χ1n) is 4.85. The molecular formula is C12H12BrNO. The van der Waals surface area contributed by atoms with E-state index >= 15 is 0 Å². The molecule has 0 fully saturated rings. The molecule has 1 aromatic heterocycles. The monoisotopic (exact) mass is 265 g/mol. The summed E-state index contributed by atoms with van der Waals surface area (Å²) in [6.45, 7) is 2.71. The van der Waals surface area contributed by atoms with Crippen molar-refractivity contribution in [1.82, 2.24) is 4.98 Å². The van der Waals surface area contributed by atoms with Crippen LogP contribution in [0.5, 0.6) is 5.75 Å². The van der Waals surface area contributed by atoms with Gasteiger partial charge in [0.15, 0.2) is 0 Å². The molecule has 0 radical (unpaired) electrons. The highest BCUT2D eigenvalue weighted by Gasteiger charge is 2.02. The first-order valence-corrected chi connectivity index (χ1v) is 5.97. The molecule has 0 saturated carbocycles. The van der Waals surface area contributed by atoms with Crippen molar-refractivity contribution in [3.05, 3.63) is 36.0 Å². The van der Waals surface area contributed by atoms with Gasteiger partial charge in [-0.2, -0.15) is 0 Å². The minimum Gasteiger partial charge on any atom is -0.492 e. The number of aryl methyl sites for hydroxylation is 1. The van der Waals surface area contributed by atoms with Gasteiger partial charge in [-0.05, 0) is 30.7 Å². The van der Waals surface area contributed by atoms with Crippen LogP contribution in [0.25, 0.3) is 10.9 Å². The van der Waals surface area contributed by atoms with Gasteiger partial charge in [-0.15, -0.1) is 0 Å². The summed E-state index contributed by atoms with van der Waals surface area (Å²) < 4.78 is 5.64. The van der Waals surface area contributed by atoms with Crippen LogP contribution in [0.15, 0.2) is 30.5 Å². The van der Waals surface area contributed by atoms with Crippen molar-refractivity contribution in [2.75, 3.05) is 11.9 Å². The van der Waals surface area contributed by atoms with E-state index in [2.05, 4.69) is 27.0 Å². The van der Waals surface area contributed by atoms with E-state index in [1.165, 1.54) is 0 Å². The molecule has 2 aromatic rings. The fourth-order valence-corrected chi connectivity index (χ4v) is 1.66. The largest absolute Gasteiger partial charge is 0.492 e. The molecule has 78 valence electrons. The lowest BCUT2D eigenvalue weighted by Crippen LogP contribution is -1.98. The van der Waals surface area contributed by atoms with Crippen LogP contribution in [-0.4, -0.2) is 16.9 Å². The molecule has 3 heteroatoms. The fraction of sp³-hybridized carbons (Fsp3) is 0.250. The van der Waals surface area contributed by atoms with Gasteiger partial charge < -0.3 is 4.74 Å². The summed E-state index contributed by atoms with van der Waals surface area (Å²) in [7, 11) is 0. The molecule has 0 aliphatic carbocycles. The van der Waals surface area contributed by atoms with E-state index in [1.807, 2.05) is 31.3 Å². The summed E-state index contributed by atoms with van der Waals surface area (Å²) >= 11 is 3.34. The van der Waals surface area contributed by atoms with E-state index in [0.29, 0.717) is 6.61 Å². The molecule has 0 spiro atoms. The molecule has 1 aromatic carbocycles. The lowest BCUT2D eigenvalue weighted by atomic mass is 10.1. The van der Waals surface area contributed by atoms with Gasteiger partial charge in [0.1, 0.15) is 5.75 Å². The van der Waals surface area contributed by atoms with E-state index < -0.39 is 0 Å². The maximum absolute atomic E-state index is 5.64. The number of pyridine rings is 1. The summed E-state index contributed by atoms with van der Waals surface area (Å²) in [5, 5.41) is 1.92. The number of ether oxygens (including phenoxy) is 1. The third-order valence-electron chi connectivity index (χ3n) is 2.16. The predicted octanol–water partition coefficient (Wildman–Crippen LogP) is 3.32. The lowest BCUT2D eigenvalue weighted by molar-refractivity contribution is 0.349. The van der Waals surface area contributed by atoms with Crippen molar-refractivity contribution in [1.29, 1.82) is 0 Å². The molecule has 0 amide bonds. The summed E-state index contributed by atoms with van der Waals surface area (Å²) in [5.41, 5.74) is 2.13. The average molecular weight is 266 g/mol. The summed E-state index contributed by atoms with van der Waals surface area (Å²) in [6.07, 6.45) is 1.87. The van der Waals surface area contributed by atoms with Crippen LogP contribution >= 0.6 is 15.9 Å². The number of fused-ring (bicyclic) bond motifs is 1. The summed E-state index contributed by atoms with van der Waals surface area (Å²) in [6, 6.07) is 8.04. The van der Waals surface area contributed by atoms with Crippen molar-refractivity contribution in [2.45, 2.75) is 6.92 Å². The van der Waals surface area contributed by atoms with Gasteiger partial charge in [0.25, 0.3) is 0 Å². The zero-order chi connectivity index (χ0) is 10.7. The molecule has 2 nitrogen and oxygen atoms in total. The number of halogens is 1. The van der Waals surface area contributed by atoms with Gasteiger partial charge >= 0.3 is 0 Å². The number of nitrogens with zero attached hydrogens (tertiary/aromatic N) is 1. The van der Waals surface area contributed by atoms with Crippen molar-refractivity contribution in [2.24, 2.45) is 0 Å². The molecule has 1 heterocycles. The van der Waals surface area contributed by atoms with Gasteiger partial charge in [-0.25, -0.2) is 0 Å². The third-order valence-corrected chi connectivity index (χ3v) is 2.48. The Balaban J connectivity index is 2.48. The summed E-state index contributed by atoms with van der Waals surface area (Å²) in [4.78, 5) is 4.36. The van der Waals surface area contributed by atoms with Gasteiger partial charge in [-0.1, -0.05) is 22.0 Å². The predicted molar refractivity (Wildman–Crippen MR) is 65.8 cm³/mol. The maximum atomic E-state index is 5.64. The molecule has 0 unspecified atom stereocenters. The Morgan fingerprint density at radius 3 is 3.07 bits per heavy atom. The van der Waals surface area contributed by atoms with E-state index in [1.54, 1.807) is 0 Å². The number of hydrogen-bond acceptors (Lipinski definition) is 2. The van der Waals surface area contributed by atoms with Gasteiger partial charge in [0.05, 0.1) is 12.1 Å². The third kappa shape index (κ3) is 2.29. The Labute approximate surface area is 97.4 Å². The molecule has 2 rings (SSSR count). The highest BCUT2D eigenvalue weighted by Crippen LogP contribution is 2.24. The average Bonchev–Trinajstić information content (AvgIpc) is 2.26. The van der Waals surface area contributed by atoms with Gasteiger partial charge in [0.2, 0.25) is 0 Å². The molecule has 15 heavy (non-hydrogen) atoms. The van der Waals surface area contributed by atoms with Crippen molar-refractivity contribution >= 4 is 26.8 Å². The van der Waals surface area contributed by atoms with Gasteiger partial charge in [-0.3, -0.25) is 4.98 Å². The molecule has 0 bridgehead atoms. The second kappa shape index (κ2) is 4.62. The minimum atomic E-state index is 0.674. The molecule has 0 atom stereocenters. The zero-order valence-electron chi connectivity index (χ0n) is 8.53. The minimum absolute atomic E-state index is 0.674. The van der Waals surface area contributed by atoms with E-state index in [0.717, 1.165) is 27.5 Å². The van der Waals surface area contributed by atoms with Crippen LogP contribution < -0.4 is 4.74 Å². The molecule has 0 N–H and O–H groups in total. The molecule has 0 aliphatic heterocycles. The maximum Gasteiger partial charge on any atom is 0.128 e. The first-order chi connectivity index (χ1) is 7.31. The Morgan fingerprint density at radius 2 is 2.27 bits per heavy atom. The highest BCUT2D eigenvalue weighted by molar-refractivity contribution is 9.09. The summed E-state index contributed by atoms with van der Waals surface area (Å²) in [5.74, 6) is 0.906. The van der Waals surface area contributed by atoms with Crippen LogP contribution in [-0.2, 0) is 0 Å². The van der Waals surface area contributed by atoms with Crippen LogP contribution in [0.4, 0.5) is 0 Å². The van der Waals surface area contributed by atoms with E-state index in [-0.39, 0.29) is 0 Å². The van der Waals surface area contributed by atoms with Crippen molar-refractivity contribution < 1.29 is 4.74 Å². The van der Waals surface area contributed by atoms with Crippen LogP contribution in [0.1, 0.15) is 5.56 Å². The quantitative estimate of drug-likeness (QED) is 0.795. The van der Waals surface area contributed by atoms with Gasteiger partial charge in [0, 0.05) is 16.9 Å². The Morgan fingerprint density at radius 1 is 1.40 bits per heavy atom. The standard InChI is InChI=1S/C12H12BrNO/c1-9-7-10-11(14-8-9)3-2-4-12(10)15-6-5-13/h2-4,7-8H,5-6H2,1H3. The van der Waals surface area contributed by atoms with Crippen LogP contribution in [0, 0.1) is 6.92 Å². The second-order valence-electron chi connectivity index (χ2n) is 3.37. The normalized spacial score (nSPS) is 10.5. The van der Waals surface area contributed by atoms with E-state index in [4.69, 9.17) is 4.74 Å². The Hall–Kier alpha value is -1.09. The number of alkyl halides is 1. The lowest BCUT2D eigenvalue weighted by Gasteiger charge is -2.07. The first kappa shape index (κ1) is 10.4. The van der Waals surface area contributed by atoms with Crippen molar-refractivity contribution in [3.8, 4) is 5.75 Å². The van der Waals surface area contributed by atoms with Crippen molar-refractivity contribution in [3.63, 3.8) is 0 Å². The highest BCUT2D eigenvalue weighted by atomic mass is 79.9. The number of benzene rings is 1. The fourth-order valence-electron chi connectivity index (χ4n) is 1.50. The topological polar surface area (TPSA) is 22.1 Å². The zero-order valence-corrected chi connectivity index (χ0v) is 10.1. The van der Waals surface area contributed by atoms with E-state index in [9.17, 15) is 0 Å². The van der Waals surface area contributed by atoms with Crippen LogP contribution in [0.3, 0.4) is 0 Å². The molecule has 0 saturated heterocycles. The second-order valence-corrected chi connectivity index (χ2v) is 4.17. The SMILES string of the molecule is Cc1cnc2cccc(OCCBr)c2c1. The number of aromatic nitrogens is 1. The molecule has 0 aliphatic rings.